The fourth-order valence-electron chi connectivity index (χ4n) is 1.57. The number of carboxylic acid groups (broad SMARTS) is 1. The van der Waals surface area contributed by atoms with Gasteiger partial charge in [-0.2, -0.15) is 0 Å². The molecular formula is C12H10FNO3S. The summed E-state index contributed by atoms with van der Waals surface area (Å²) in [6.45, 7) is 1.75. The zero-order valence-corrected chi connectivity index (χ0v) is 10.5. The van der Waals surface area contributed by atoms with Crippen LogP contribution in [0.2, 0.25) is 0 Å². The maximum atomic E-state index is 13.6. The van der Waals surface area contributed by atoms with Gasteiger partial charge in [-0.1, -0.05) is 0 Å². The molecular weight excluding hydrogens is 257 g/mol. The van der Waals surface area contributed by atoms with Gasteiger partial charge in [0.15, 0.2) is 11.6 Å². The van der Waals surface area contributed by atoms with Gasteiger partial charge in [-0.25, -0.2) is 14.2 Å². The second kappa shape index (κ2) is 4.73. The number of hydrogen-bond acceptors (Lipinski definition) is 4. The van der Waals surface area contributed by atoms with Crippen molar-refractivity contribution in [2.45, 2.75) is 6.92 Å². The molecule has 0 fully saturated rings. The lowest BCUT2D eigenvalue weighted by atomic mass is 10.1. The third-order valence-corrected chi connectivity index (χ3v) is 3.36. The van der Waals surface area contributed by atoms with Crippen molar-refractivity contribution in [3.05, 3.63) is 33.9 Å². The van der Waals surface area contributed by atoms with E-state index >= 15 is 0 Å². The topological polar surface area (TPSA) is 59.4 Å². The Morgan fingerprint density at radius 3 is 2.72 bits per heavy atom. The van der Waals surface area contributed by atoms with Crippen LogP contribution < -0.4 is 4.74 Å². The molecule has 1 heterocycles. The molecule has 4 nitrogen and oxygen atoms in total. The number of ether oxygens (including phenoxy) is 1. The summed E-state index contributed by atoms with van der Waals surface area (Å²) in [5, 5.41) is 8.86. The van der Waals surface area contributed by atoms with Gasteiger partial charge in [0.2, 0.25) is 5.01 Å². The maximum Gasteiger partial charge on any atom is 0.365 e. The number of rotatable bonds is 3. The normalized spacial score (nSPS) is 10.4. The zero-order valence-electron chi connectivity index (χ0n) is 9.73. The molecule has 94 valence electrons. The molecule has 18 heavy (non-hydrogen) atoms. The summed E-state index contributed by atoms with van der Waals surface area (Å²) in [7, 11) is 1.38. The Morgan fingerprint density at radius 1 is 1.50 bits per heavy atom. The van der Waals surface area contributed by atoms with Gasteiger partial charge in [0.05, 0.1) is 12.8 Å². The number of methoxy groups -OCH3 is 1. The molecule has 0 aliphatic carbocycles. The van der Waals surface area contributed by atoms with E-state index in [2.05, 4.69) is 4.98 Å². The predicted octanol–water partition coefficient (Wildman–Crippen LogP) is 2.96. The SMILES string of the molecule is COc1ccc(-c2nc(C(=O)O)sc2C)cc1F. The molecule has 0 unspecified atom stereocenters. The van der Waals surface area contributed by atoms with Crippen LogP contribution in [0.3, 0.4) is 0 Å². The smallest absolute Gasteiger partial charge is 0.365 e. The molecule has 0 saturated carbocycles. The van der Waals surface area contributed by atoms with Crippen LogP contribution in [0.25, 0.3) is 11.3 Å². The van der Waals surface area contributed by atoms with Crippen molar-refractivity contribution in [3.63, 3.8) is 0 Å². The third kappa shape index (κ3) is 2.19. The Labute approximate surface area is 107 Å². The first-order valence-electron chi connectivity index (χ1n) is 5.07. The largest absolute Gasteiger partial charge is 0.494 e. The lowest BCUT2D eigenvalue weighted by molar-refractivity contribution is 0.0696. The minimum absolute atomic E-state index is 0.00118. The average Bonchev–Trinajstić information content (AvgIpc) is 2.71. The van der Waals surface area contributed by atoms with E-state index in [1.54, 1.807) is 13.0 Å². The molecule has 2 rings (SSSR count). The lowest BCUT2D eigenvalue weighted by Gasteiger charge is -2.03. The molecule has 0 bridgehead atoms. The standard InChI is InChI=1S/C12H10FNO3S/c1-6-10(14-11(18-6)12(15)16)7-3-4-9(17-2)8(13)5-7/h3-5H,1-2H3,(H,15,16). The van der Waals surface area contributed by atoms with Gasteiger partial charge in [-0.05, 0) is 25.1 Å². The van der Waals surface area contributed by atoms with Crippen LogP contribution in [0, 0.1) is 12.7 Å². The van der Waals surface area contributed by atoms with E-state index in [0.717, 1.165) is 16.2 Å². The van der Waals surface area contributed by atoms with Crippen LogP contribution in [-0.4, -0.2) is 23.2 Å². The van der Waals surface area contributed by atoms with Crippen LogP contribution in [0.15, 0.2) is 18.2 Å². The highest BCUT2D eigenvalue weighted by Gasteiger charge is 2.15. The maximum absolute atomic E-state index is 13.6. The second-order valence-electron chi connectivity index (χ2n) is 3.58. The highest BCUT2D eigenvalue weighted by atomic mass is 32.1. The molecule has 6 heteroatoms. The lowest BCUT2D eigenvalue weighted by Crippen LogP contribution is -1.94. The number of benzene rings is 1. The van der Waals surface area contributed by atoms with Crippen molar-refractivity contribution in [2.24, 2.45) is 0 Å². The van der Waals surface area contributed by atoms with Gasteiger partial charge < -0.3 is 9.84 Å². The number of aromatic carboxylic acids is 1. The zero-order chi connectivity index (χ0) is 13.3. The fourth-order valence-corrected chi connectivity index (χ4v) is 2.34. The van der Waals surface area contributed by atoms with Crippen molar-refractivity contribution in [2.75, 3.05) is 7.11 Å². The average molecular weight is 267 g/mol. The number of carboxylic acids is 1. The number of aromatic nitrogens is 1. The molecule has 0 radical (unpaired) electrons. The molecule has 1 N–H and O–H groups in total. The summed E-state index contributed by atoms with van der Waals surface area (Å²) < 4.78 is 18.4. The number of halogens is 1. The number of carbonyl (C=O) groups is 1. The van der Waals surface area contributed by atoms with Gasteiger partial charge in [0.1, 0.15) is 0 Å². The quantitative estimate of drug-likeness (QED) is 0.928. The Hall–Kier alpha value is -1.95. The van der Waals surface area contributed by atoms with E-state index in [-0.39, 0.29) is 10.8 Å². The first-order chi connectivity index (χ1) is 8.52. The molecule has 0 atom stereocenters. The Morgan fingerprint density at radius 2 is 2.22 bits per heavy atom. The van der Waals surface area contributed by atoms with Crippen LogP contribution in [-0.2, 0) is 0 Å². The van der Waals surface area contributed by atoms with E-state index < -0.39 is 11.8 Å². The van der Waals surface area contributed by atoms with Gasteiger partial charge in [-0.3, -0.25) is 0 Å². The molecule has 0 spiro atoms. The summed E-state index contributed by atoms with van der Waals surface area (Å²) in [5.41, 5.74) is 1.02. The number of nitrogens with zero attached hydrogens (tertiary/aromatic N) is 1. The van der Waals surface area contributed by atoms with Gasteiger partial charge in [0, 0.05) is 10.4 Å². The van der Waals surface area contributed by atoms with E-state index in [0.29, 0.717) is 11.3 Å². The molecule has 0 saturated heterocycles. The molecule has 0 aliphatic heterocycles. The Kier molecular flexibility index (Phi) is 3.29. The van der Waals surface area contributed by atoms with Gasteiger partial charge in [-0.15, -0.1) is 11.3 Å². The second-order valence-corrected chi connectivity index (χ2v) is 4.78. The van der Waals surface area contributed by atoms with E-state index in [4.69, 9.17) is 9.84 Å². The van der Waals surface area contributed by atoms with Crippen LogP contribution in [0.4, 0.5) is 4.39 Å². The summed E-state index contributed by atoms with van der Waals surface area (Å²) in [6, 6.07) is 4.42. The third-order valence-electron chi connectivity index (χ3n) is 2.40. The Balaban J connectivity index is 2.48. The molecule has 1 aromatic carbocycles. The Bertz CT molecular complexity index is 609. The first-order valence-corrected chi connectivity index (χ1v) is 5.89. The van der Waals surface area contributed by atoms with E-state index in [9.17, 15) is 9.18 Å². The molecule has 1 aromatic heterocycles. The molecule has 0 aliphatic rings. The van der Waals surface area contributed by atoms with Crippen LogP contribution in [0.5, 0.6) is 5.75 Å². The van der Waals surface area contributed by atoms with Crippen LogP contribution in [0.1, 0.15) is 14.7 Å². The highest BCUT2D eigenvalue weighted by molar-refractivity contribution is 7.13. The number of hydrogen-bond donors (Lipinski definition) is 1. The van der Waals surface area contributed by atoms with Gasteiger partial charge >= 0.3 is 5.97 Å². The number of aryl methyl sites for hydroxylation is 1. The highest BCUT2D eigenvalue weighted by Crippen LogP contribution is 2.30. The van der Waals surface area contributed by atoms with Crippen molar-refractivity contribution in [1.29, 1.82) is 0 Å². The summed E-state index contributed by atoms with van der Waals surface area (Å²) in [5.74, 6) is -1.44. The van der Waals surface area contributed by atoms with Crippen molar-refractivity contribution < 1.29 is 19.0 Å². The van der Waals surface area contributed by atoms with Gasteiger partial charge in [0.25, 0.3) is 0 Å². The van der Waals surface area contributed by atoms with E-state index in [1.807, 2.05) is 0 Å². The first kappa shape index (κ1) is 12.5. The predicted molar refractivity (Wildman–Crippen MR) is 65.8 cm³/mol. The monoisotopic (exact) mass is 267 g/mol. The van der Waals surface area contributed by atoms with Crippen LogP contribution >= 0.6 is 11.3 Å². The fraction of sp³-hybridized carbons (Fsp3) is 0.167. The summed E-state index contributed by atoms with van der Waals surface area (Å²) in [6.07, 6.45) is 0. The number of thiazole rings is 1. The van der Waals surface area contributed by atoms with Crippen molar-refractivity contribution in [1.82, 2.24) is 4.98 Å². The minimum atomic E-state index is -1.08. The van der Waals surface area contributed by atoms with Crippen molar-refractivity contribution >= 4 is 17.3 Å². The van der Waals surface area contributed by atoms with Crippen molar-refractivity contribution in [3.8, 4) is 17.0 Å². The van der Waals surface area contributed by atoms with E-state index in [1.165, 1.54) is 19.2 Å². The minimum Gasteiger partial charge on any atom is -0.494 e. The molecule has 2 aromatic rings. The summed E-state index contributed by atoms with van der Waals surface area (Å²) >= 11 is 1.07. The summed E-state index contributed by atoms with van der Waals surface area (Å²) in [4.78, 5) is 15.5. The molecule has 0 amide bonds.